The van der Waals surface area contributed by atoms with Crippen molar-refractivity contribution >= 4 is 23.5 Å². The predicted octanol–water partition coefficient (Wildman–Crippen LogP) is 1.09. The molecule has 0 fully saturated rings. The molecule has 0 aliphatic carbocycles. The lowest BCUT2D eigenvalue weighted by Crippen LogP contribution is -2.23. The average Bonchev–Trinajstić information content (AvgIpc) is 2.90. The van der Waals surface area contributed by atoms with Gasteiger partial charge in [-0.2, -0.15) is 10.2 Å². The van der Waals surface area contributed by atoms with Gasteiger partial charge in [0.15, 0.2) is 0 Å². The lowest BCUT2D eigenvalue weighted by molar-refractivity contribution is -0.121. The molecule has 5 nitrogen and oxygen atoms in total. The van der Waals surface area contributed by atoms with Crippen molar-refractivity contribution in [3.05, 3.63) is 40.8 Å². The van der Waals surface area contributed by atoms with Crippen LogP contribution in [0.15, 0.2) is 41.1 Å². The van der Waals surface area contributed by atoms with Crippen molar-refractivity contribution in [1.82, 2.24) is 15.2 Å². The molecule has 2 aromatic heterocycles. The highest BCUT2D eigenvalue weighted by Gasteiger charge is 1.99. The molecule has 2 heterocycles. The number of nitrogens with zero attached hydrogens (tertiary/aromatic N) is 3. The van der Waals surface area contributed by atoms with E-state index in [-0.39, 0.29) is 12.5 Å². The van der Waals surface area contributed by atoms with E-state index in [4.69, 9.17) is 0 Å². The number of amides is 1. The predicted molar refractivity (Wildman–Crippen MR) is 62.3 cm³/mol. The number of hydrogen-bond donors (Lipinski definition) is 1. The summed E-state index contributed by atoms with van der Waals surface area (Å²) in [5.74, 6) is -0.198. The zero-order valence-corrected chi connectivity index (χ0v) is 9.22. The van der Waals surface area contributed by atoms with E-state index >= 15 is 0 Å². The summed E-state index contributed by atoms with van der Waals surface area (Å²) in [4.78, 5) is 12.4. The molecule has 0 radical (unpaired) electrons. The lowest BCUT2D eigenvalue weighted by atomic mass is 10.5. The zero-order valence-electron chi connectivity index (χ0n) is 8.41. The molecule has 1 N–H and O–H groups in total. The molecule has 82 valence electrons. The maximum atomic E-state index is 11.4. The van der Waals surface area contributed by atoms with E-state index in [2.05, 4.69) is 15.6 Å². The van der Waals surface area contributed by atoms with Crippen LogP contribution in [0.25, 0.3) is 0 Å². The van der Waals surface area contributed by atoms with Gasteiger partial charge in [-0.3, -0.25) is 9.48 Å². The first kappa shape index (κ1) is 10.6. The molecule has 0 aliphatic heterocycles. The molecule has 0 spiro atoms. The second kappa shape index (κ2) is 5.22. The van der Waals surface area contributed by atoms with E-state index < -0.39 is 0 Å². The molecule has 0 aromatic carbocycles. The fourth-order valence-corrected chi connectivity index (χ4v) is 1.69. The van der Waals surface area contributed by atoms with Crippen molar-refractivity contribution in [3.63, 3.8) is 0 Å². The van der Waals surface area contributed by atoms with Gasteiger partial charge in [0.05, 0.1) is 6.21 Å². The number of hydrazone groups is 1. The van der Waals surface area contributed by atoms with Crippen LogP contribution in [0.1, 0.15) is 4.88 Å². The van der Waals surface area contributed by atoms with E-state index in [1.807, 2.05) is 17.5 Å². The van der Waals surface area contributed by atoms with Crippen LogP contribution in [0, 0.1) is 0 Å². The molecule has 0 unspecified atom stereocenters. The monoisotopic (exact) mass is 234 g/mol. The fourth-order valence-electron chi connectivity index (χ4n) is 1.11. The average molecular weight is 234 g/mol. The fraction of sp³-hybridized carbons (Fsp3) is 0.100. The molecule has 0 saturated heterocycles. The number of aromatic nitrogens is 2. The van der Waals surface area contributed by atoms with Gasteiger partial charge in [-0.05, 0) is 17.5 Å². The normalized spacial score (nSPS) is 10.8. The molecule has 2 rings (SSSR count). The Morgan fingerprint density at radius 1 is 1.62 bits per heavy atom. The zero-order chi connectivity index (χ0) is 11.2. The first-order chi connectivity index (χ1) is 7.84. The number of hydrogen-bond acceptors (Lipinski definition) is 4. The Labute approximate surface area is 96.4 Å². The largest absolute Gasteiger partial charge is 0.271 e. The third-order valence-electron chi connectivity index (χ3n) is 1.79. The summed E-state index contributed by atoms with van der Waals surface area (Å²) in [5.41, 5.74) is 2.44. The van der Waals surface area contributed by atoms with Gasteiger partial charge in [0.2, 0.25) is 0 Å². The molecular weight excluding hydrogens is 224 g/mol. The van der Waals surface area contributed by atoms with Crippen molar-refractivity contribution in [1.29, 1.82) is 0 Å². The summed E-state index contributed by atoms with van der Waals surface area (Å²) in [7, 11) is 0. The molecule has 2 aromatic rings. The Morgan fingerprint density at radius 3 is 3.25 bits per heavy atom. The van der Waals surface area contributed by atoms with E-state index in [1.54, 1.807) is 36.0 Å². The molecule has 1 amide bonds. The Balaban J connectivity index is 1.80. The van der Waals surface area contributed by atoms with Crippen molar-refractivity contribution in [2.45, 2.75) is 6.54 Å². The third-order valence-corrected chi connectivity index (χ3v) is 2.60. The summed E-state index contributed by atoms with van der Waals surface area (Å²) in [5, 5.41) is 9.71. The minimum absolute atomic E-state index is 0.175. The summed E-state index contributed by atoms with van der Waals surface area (Å²) < 4.78 is 1.54. The van der Waals surface area contributed by atoms with Crippen LogP contribution in [-0.2, 0) is 11.3 Å². The molecular formula is C10H10N4OS. The maximum absolute atomic E-state index is 11.4. The van der Waals surface area contributed by atoms with E-state index in [1.165, 1.54) is 4.68 Å². The number of carbonyl (C=O) groups is 1. The molecule has 0 atom stereocenters. The summed E-state index contributed by atoms with van der Waals surface area (Å²) >= 11 is 1.56. The maximum Gasteiger partial charge on any atom is 0.261 e. The van der Waals surface area contributed by atoms with Crippen LogP contribution in [0.2, 0.25) is 0 Å². The second-order valence-corrected chi connectivity index (χ2v) is 3.99. The van der Waals surface area contributed by atoms with Crippen LogP contribution in [0.5, 0.6) is 0 Å². The van der Waals surface area contributed by atoms with Crippen LogP contribution in [0.4, 0.5) is 0 Å². The highest BCUT2D eigenvalue weighted by Crippen LogP contribution is 2.03. The van der Waals surface area contributed by atoms with Gasteiger partial charge in [-0.25, -0.2) is 5.43 Å². The summed E-state index contributed by atoms with van der Waals surface area (Å²) in [6, 6.07) is 5.62. The smallest absolute Gasteiger partial charge is 0.261 e. The van der Waals surface area contributed by atoms with Gasteiger partial charge >= 0.3 is 0 Å². The van der Waals surface area contributed by atoms with Crippen LogP contribution in [0.3, 0.4) is 0 Å². The van der Waals surface area contributed by atoms with Gasteiger partial charge in [0.1, 0.15) is 6.54 Å². The van der Waals surface area contributed by atoms with Gasteiger partial charge in [0.25, 0.3) is 5.91 Å². The highest BCUT2D eigenvalue weighted by molar-refractivity contribution is 7.11. The second-order valence-electron chi connectivity index (χ2n) is 3.01. The van der Waals surface area contributed by atoms with Crippen molar-refractivity contribution in [2.75, 3.05) is 0 Å². The molecule has 0 bridgehead atoms. The van der Waals surface area contributed by atoms with Crippen molar-refractivity contribution < 1.29 is 4.79 Å². The van der Waals surface area contributed by atoms with Crippen molar-refractivity contribution in [3.8, 4) is 0 Å². The lowest BCUT2D eigenvalue weighted by Gasteiger charge is -1.98. The van der Waals surface area contributed by atoms with Crippen LogP contribution in [-0.4, -0.2) is 21.9 Å². The van der Waals surface area contributed by atoms with Gasteiger partial charge in [0, 0.05) is 17.3 Å². The Kier molecular flexibility index (Phi) is 3.45. The molecule has 16 heavy (non-hydrogen) atoms. The van der Waals surface area contributed by atoms with Gasteiger partial charge in [-0.15, -0.1) is 11.3 Å². The Hall–Kier alpha value is -1.95. The van der Waals surface area contributed by atoms with Gasteiger partial charge in [-0.1, -0.05) is 6.07 Å². The minimum Gasteiger partial charge on any atom is -0.271 e. The van der Waals surface area contributed by atoms with E-state index in [0.29, 0.717) is 0 Å². The first-order valence-corrected chi connectivity index (χ1v) is 5.55. The topological polar surface area (TPSA) is 59.3 Å². The Bertz CT molecular complexity index is 461. The SMILES string of the molecule is O=C(Cn1cccn1)N/N=C\c1cccs1. The highest BCUT2D eigenvalue weighted by atomic mass is 32.1. The van der Waals surface area contributed by atoms with E-state index in [9.17, 15) is 4.79 Å². The Morgan fingerprint density at radius 2 is 2.56 bits per heavy atom. The van der Waals surface area contributed by atoms with Crippen molar-refractivity contribution in [2.24, 2.45) is 5.10 Å². The first-order valence-electron chi connectivity index (χ1n) is 4.67. The summed E-state index contributed by atoms with van der Waals surface area (Å²) in [6.07, 6.45) is 4.97. The quantitative estimate of drug-likeness (QED) is 0.636. The van der Waals surface area contributed by atoms with Crippen LogP contribution < -0.4 is 5.43 Å². The molecule has 0 aliphatic rings. The number of carbonyl (C=O) groups excluding carboxylic acids is 1. The standard InChI is InChI=1S/C10H10N4OS/c15-10(8-14-5-2-4-12-14)13-11-7-9-3-1-6-16-9/h1-7H,8H2,(H,13,15)/b11-7-. The minimum atomic E-state index is -0.198. The van der Waals surface area contributed by atoms with Crippen LogP contribution >= 0.6 is 11.3 Å². The van der Waals surface area contributed by atoms with Gasteiger partial charge < -0.3 is 0 Å². The molecule has 0 saturated carbocycles. The number of thiophene rings is 1. The third kappa shape index (κ3) is 3.03. The molecule has 6 heteroatoms. The van der Waals surface area contributed by atoms with E-state index in [0.717, 1.165) is 4.88 Å². The number of nitrogens with one attached hydrogen (secondary N) is 1. The summed E-state index contributed by atoms with van der Waals surface area (Å²) in [6.45, 7) is 0.175. The number of rotatable bonds is 4.